The van der Waals surface area contributed by atoms with Gasteiger partial charge in [-0.3, -0.25) is 4.79 Å². The van der Waals surface area contributed by atoms with E-state index in [1.54, 1.807) is 4.90 Å². The van der Waals surface area contributed by atoms with Crippen molar-refractivity contribution in [2.24, 2.45) is 0 Å². The van der Waals surface area contributed by atoms with Gasteiger partial charge in [0.1, 0.15) is 28.9 Å². The van der Waals surface area contributed by atoms with Gasteiger partial charge in [0.05, 0.1) is 12.1 Å². The predicted molar refractivity (Wildman–Crippen MR) is 97.7 cm³/mol. The molecule has 0 spiro atoms. The van der Waals surface area contributed by atoms with Crippen LogP contribution in [0.5, 0.6) is 11.5 Å². The number of carbonyl (C=O) groups excluding carboxylic acids is 1. The molecule has 1 aromatic heterocycles. The van der Waals surface area contributed by atoms with Crippen LogP contribution in [-0.2, 0) is 4.79 Å². The van der Waals surface area contributed by atoms with Crippen LogP contribution in [0.4, 0.5) is 5.69 Å². The first-order chi connectivity index (χ1) is 12.7. The van der Waals surface area contributed by atoms with Crippen molar-refractivity contribution < 1.29 is 14.3 Å². The summed E-state index contributed by atoms with van der Waals surface area (Å²) in [5, 5.41) is 0. The van der Waals surface area contributed by atoms with Gasteiger partial charge >= 0.3 is 0 Å². The van der Waals surface area contributed by atoms with Crippen molar-refractivity contribution in [2.75, 3.05) is 18.1 Å². The van der Waals surface area contributed by atoms with Gasteiger partial charge in [-0.15, -0.1) is 0 Å². The van der Waals surface area contributed by atoms with Gasteiger partial charge in [0.15, 0.2) is 0 Å². The Morgan fingerprint density at radius 3 is 3.00 bits per heavy atom. The molecule has 2 aliphatic rings. The number of carbonyl (C=O) groups is 1. The van der Waals surface area contributed by atoms with Crippen LogP contribution >= 0.6 is 0 Å². The normalized spacial score (nSPS) is 19.0. The van der Waals surface area contributed by atoms with Gasteiger partial charge in [0, 0.05) is 36.7 Å². The number of ether oxygens (including phenoxy) is 2. The van der Waals surface area contributed by atoms with E-state index >= 15 is 0 Å². The van der Waals surface area contributed by atoms with Gasteiger partial charge in [0.2, 0.25) is 5.91 Å². The van der Waals surface area contributed by atoms with E-state index in [9.17, 15) is 4.79 Å². The van der Waals surface area contributed by atoms with E-state index in [0.29, 0.717) is 18.8 Å². The summed E-state index contributed by atoms with van der Waals surface area (Å²) < 4.78 is 12.1. The van der Waals surface area contributed by atoms with Gasteiger partial charge in [-0.2, -0.15) is 0 Å². The summed E-state index contributed by atoms with van der Waals surface area (Å²) in [6.07, 6.45) is 1.28. The maximum atomic E-state index is 11.9. The lowest BCUT2D eigenvalue weighted by Crippen LogP contribution is -2.43. The average Bonchev–Trinajstić information content (AvgIpc) is 3.01. The van der Waals surface area contributed by atoms with Crippen molar-refractivity contribution in [3.8, 4) is 11.5 Å². The first-order valence-corrected chi connectivity index (χ1v) is 8.88. The van der Waals surface area contributed by atoms with Crippen LogP contribution in [0, 0.1) is 6.92 Å². The maximum Gasteiger partial charge on any atom is 0.228 e. The van der Waals surface area contributed by atoms with Gasteiger partial charge in [-0.1, -0.05) is 18.2 Å². The van der Waals surface area contributed by atoms with E-state index in [2.05, 4.69) is 9.97 Å². The third kappa shape index (κ3) is 2.41. The molecule has 1 amide bonds. The van der Waals surface area contributed by atoms with Crippen molar-refractivity contribution in [1.29, 1.82) is 0 Å². The molecular weight excluding hydrogens is 330 g/mol. The van der Waals surface area contributed by atoms with Crippen molar-refractivity contribution in [3.63, 3.8) is 0 Å². The minimum absolute atomic E-state index is 0.0949. The Kier molecular flexibility index (Phi) is 3.38. The highest BCUT2D eigenvalue weighted by Crippen LogP contribution is 2.39. The number of anilines is 1. The maximum absolute atomic E-state index is 11.9. The molecule has 1 fully saturated rings. The largest absolute Gasteiger partial charge is 0.493 e. The van der Waals surface area contributed by atoms with E-state index in [1.165, 1.54) is 0 Å². The van der Waals surface area contributed by atoms with Crippen molar-refractivity contribution in [1.82, 2.24) is 9.97 Å². The molecule has 26 heavy (non-hydrogen) atoms. The second kappa shape index (κ2) is 5.76. The molecule has 132 valence electrons. The summed E-state index contributed by atoms with van der Waals surface area (Å²) in [6, 6.07) is 11.9. The number of para-hydroxylation sites is 1. The summed E-state index contributed by atoms with van der Waals surface area (Å²) >= 11 is 0. The number of H-pyrrole nitrogens is 1. The lowest BCUT2D eigenvalue weighted by atomic mass is 10.0. The number of benzene rings is 2. The average molecular weight is 349 g/mol. The van der Waals surface area contributed by atoms with E-state index < -0.39 is 0 Å². The predicted octanol–water partition coefficient (Wildman–Crippen LogP) is 3.51. The molecule has 1 N–H and O–H groups in total. The molecule has 1 atom stereocenters. The number of nitrogens with zero attached hydrogens (tertiary/aromatic N) is 2. The smallest absolute Gasteiger partial charge is 0.228 e. The van der Waals surface area contributed by atoms with Gasteiger partial charge in [-0.05, 0) is 19.1 Å². The van der Waals surface area contributed by atoms with E-state index in [-0.39, 0.29) is 12.0 Å². The second-order valence-corrected chi connectivity index (χ2v) is 6.74. The molecule has 2 aromatic carbocycles. The Balaban J connectivity index is 1.57. The third-order valence-electron chi connectivity index (χ3n) is 4.99. The lowest BCUT2D eigenvalue weighted by molar-refractivity contribution is -0.122. The summed E-state index contributed by atoms with van der Waals surface area (Å²) in [5.74, 6) is 2.53. The molecule has 0 radical (unpaired) electrons. The Hall–Kier alpha value is -3.02. The first-order valence-electron chi connectivity index (χ1n) is 8.88. The number of amides is 1. The molecule has 6 heteroatoms. The molecule has 3 heterocycles. The second-order valence-electron chi connectivity index (χ2n) is 6.74. The molecule has 1 unspecified atom stereocenters. The van der Waals surface area contributed by atoms with Crippen LogP contribution in [0.2, 0.25) is 0 Å². The number of β-lactam (4-membered cyclic amide) rings is 1. The Morgan fingerprint density at radius 2 is 2.19 bits per heavy atom. The lowest BCUT2D eigenvalue weighted by Gasteiger charge is -2.31. The zero-order valence-corrected chi connectivity index (χ0v) is 14.5. The fourth-order valence-electron chi connectivity index (χ4n) is 3.61. The van der Waals surface area contributed by atoms with Gasteiger partial charge in [-0.25, -0.2) is 4.98 Å². The van der Waals surface area contributed by atoms with E-state index in [0.717, 1.165) is 46.8 Å². The highest BCUT2D eigenvalue weighted by Gasteiger charge is 2.28. The molecule has 3 aromatic rings. The SMILES string of the molecule is Cc1nc2c(OC3CCOc4ccccc43)cc(N3CCC3=O)cc2[nH]1. The van der Waals surface area contributed by atoms with E-state index in [1.807, 2.05) is 43.3 Å². The van der Waals surface area contributed by atoms with Gasteiger partial charge < -0.3 is 19.4 Å². The number of hydrogen-bond acceptors (Lipinski definition) is 4. The van der Waals surface area contributed by atoms with E-state index in [4.69, 9.17) is 9.47 Å². The minimum Gasteiger partial charge on any atom is -0.493 e. The molecule has 0 bridgehead atoms. The number of aromatic nitrogens is 2. The molecule has 6 nitrogen and oxygen atoms in total. The minimum atomic E-state index is -0.0949. The summed E-state index contributed by atoms with van der Waals surface area (Å²) in [6.45, 7) is 3.29. The molecular formula is C20H19N3O3. The fraction of sp³-hybridized carbons (Fsp3) is 0.300. The molecule has 0 saturated carbocycles. The monoisotopic (exact) mass is 349 g/mol. The highest BCUT2D eigenvalue weighted by molar-refractivity contribution is 6.01. The molecule has 0 aliphatic carbocycles. The number of rotatable bonds is 3. The summed E-state index contributed by atoms with van der Waals surface area (Å²) in [7, 11) is 0. The van der Waals surface area contributed by atoms with Crippen LogP contribution in [0.1, 0.15) is 30.3 Å². The summed E-state index contributed by atoms with van der Waals surface area (Å²) in [4.78, 5) is 21.5. The molecule has 5 rings (SSSR count). The zero-order valence-electron chi connectivity index (χ0n) is 14.5. The number of imidazole rings is 1. The number of fused-ring (bicyclic) bond motifs is 2. The third-order valence-corrected chi connectivity index (χ3v) is 4.99. The number of aryl methyl sites for hydroxylation is 1. The van der Waals surface area contributed by atoms with Crippen molar-refractivity contribution in [2.45, 2.75) is 25.9 Å². The van der Waals surface area contributed by atoms with Crippen LogP contribution < -0.4 is 14.4 Å². The quantitative estimate of drug-likeness (QED) is 0.735. The van der Waals surface area contributed by atoms with Crippen LogP contribution in [0.25, 0.3) is 11.0 Å². The fourth-order valence-corrected chi connectivity index (χ4v) is 3.61. The Morgan fingerprint density at radius 1 is 1.31 bits per heavy atom. The van der Waals surface area contributed by atoms with Gasteiger partial charge in [0.25, 0.3) is 0 Å². The van der Waals surface area contributed by atoms with Crippen molar-refractivity contribution in [3.05, 3.63) is 47.8 Å². The first kappa shape index (κ1) is 15.3. The summed E-state index contributed by atoms with van der Waals surface area (Å²) in [5.41, 5.74) is 3.58. The standard InChI is InChI=1S/C20H19N3O3/c1-12-21-15-10-13(23-8-6-19(23)24)11-18(20(15)22-12)26-17-7-9-25-16-5-3-2-4-14(16)17/h2-5,10-11,17H,6-9H2,1H3,(H,21,22). The molecule has 1 saturated heterocycles. The molecule has 2 aliphatic heterocycles. The Bertz CT molecular complexity index is 1010. The zero-order chi connectivity index (χ0) is 17.7. The van der Waals surface area contributed by atoms with Crippen LogP contribution in [-0.4, -0.2) is 29.0 Å². The van der Waals surface area contributed by atoms with Crippen LogP contribution in [0.15, 0.2) is 36.4 Å². The van der Waals surface area contributed by atoms with Crippen molar-refractivity contribution >= 4 is 22.6 Å². The number of hydrogen-bond donors (Lipinski definition) is 1. The highest BCUT2D eigenvalue weighted by atomic mass is 16.5. The van der Waals surface area contributed by atoms with Crippen LogP contribution in [0.3, 0.4) is 0 Å². The Labute approximate surface area is 150 Å². The topological polar surface area (TPSA) is 67.5 Å². The number of aromatic amines is 1. The number of nitrogens with one attached hydrogen (secondary N) is 1.